The predicted octanol–water partition coefficient (Wildman–Crippen LogP) is 9.20. The molecule has 4 aromatic rings. The molecule has 36 heavy (non-hydrogen) atoms. The highest BCUT2D eigenvalue weighted by atomic mass is 32.1. The molecule has 0 atom stereocenters. The highest BCUT2D eigenvalue weighted by Gasteiger charge is 2.53. The summed E-state index contributed by atoms with van der Waals surface area (Å²) in [7, 11) is 0. The van der Waals surface area contributed by atoms with Gasteiger partial charge >= 0.3 is 0 Å². The molecule has 0 radical (unpaired) electrons. The Kier molecular flexibility index (Phi) is 5.92. The second-order valence-corrected chi connectivity index (χ2v) is 11.7. The van der Waals surface area contributed by atoms with Crippen LogP contribution >= 0.6 is 45.3 Å². The van der Waals surface area contributed by atoms with E-state index in [1.165, 1.54) is 21.1 Å². The minimum absolute atomic E-state index is 0.0671. The Labute approximate surface area is 221 Å². The van der Waals surface area contributed by atoms with Crippen LogP contribution in [0.5, 0.6) is 0 Å². The monoisotopic (exact) mass is 544 g/mol. The van der Waals surface area contributed by atoms with Gasteiger partial charge < -0.3 is 0 Å². The molecule has 0 saturated heterocycles. The van der Waals surface area contributed by atoms with Crippen LogP contribution in [0.2, 0.25) is 0 Å². The summed E-state index contributed by atoms with van der Waals surface area (Å²) in [5.74, 6) is -3.79. The van der Waals surface area contributed by atoms with Crippen molar-refractivity contribution in [2.75, 3.05) is 0 Å². The van der Waals surface area contributed by atoms with E-state index in [4.69, 9.17) is 13.1 Å². The van der Waals surface area contributed by atoms with E-state index in [-0.39, 0.29) is 10.4 Å². The molecule has 4 heterocycles. The summed E-state index contributed by atoms with van der Waals surface area (Å²) in [5.41, 5.74) is -2.36. The maximum atomic E-state index is 15.5. The van der Waals surface area contributed by atoms with Crippen molar-refractivity contribution in [3.8, 4) is 41.4 Å². The van der Waals surface area contributed by atoms with Crippen LogP contribution in [0.4, 0.5) is 8.78 Å². The molecule has 0 spiro atoms. The van der Waals surface area contributed by atoms with Crippen LogP contribution in [0.1, 0.15) is 16.0 Å². The summed E-state index contributed by atoms with van der Waals surface area (Å²) < 4.78 is 31.0. The van der Waals surface area contributed by atoms with Crippen LogP contribution in [0.25, 0.3) is 50.1 Å². The number of fused-ring (bicyclic) bond motifs is 1. The van der Waals surface area contributed by atoms with Crippen LogP contribution in [0.15, 0.2) is 53.2 Å². The van der Waals surface area contributed by atoms with Crippen LogP contribution < -0.4 is 0 Å². The SMILES string of the molecule is [C-]#[N+]/C(C#N)=C1/c2c(sc(-c3ccc(-c4ccc(-c5cccs5)s4)s3)c2C)/C(=C(\C#N)[N+]#[C-])C1(F)F. The van der Waals surface area contributed by atoms with E-state index in [2.05, 4.69) is 27.9 Å². The van der Waals surface area contributed by atoms with Crippen LogP contribution in [0, 0.1) is 42.7 Å². The zero-order chi connectivity index (χ0) is 25.6. The Hall–Kier alpha value is -3.90. The Balaban J connectivity index is 1.67. The zero-order valence-electron chi connectivity index (χ0n) is 18.2. The molecule has 0 bridgehead atoms. The van der Waals surface area contributed by atoms with Gasteiger partial charge in [0.2, 0.25) is 0 Å². The van der Waals surface area contributed by atoms with E-state index in [0.29, 0.717) is 10.4 Å². The molecular formula is C26H10F2N4S4. The van der Waals surface area contributed by atoms with E-state index < -0.39 is 28.5 Å². The summed E-state index contributed by atoms with van der Waals surface area (Å²) in [6, 6.07) is 15.3. The van der Waals surface area contributed by atoms with Crippen molar-refractivity contribution >= 4 is 56.5 Å². The van der Waals surface area contributed by atoms with Crippen LogP contribution in [-0.2, 0) is 0 Å². The zero-order valence-corrected chi connectivity index (χ0v) is 21.5. The van der Waals surface area contributed by atoms with Gasteiger partial charge in [-0.3, -0.25) is 0 Å². The number of hydrogen-bond donors (Lipinski definition) is 0. The van der Waals surface area contributed by atoms with Crippen molar-refractivity contribution < 1.29 is 8.78 Å². The maximum Gasteiger partial charge on any atom is 0.284 e. The minimum atomic E-state index is -3.79. The number of rotatable bonds is 3. The molecule has 0 saturated carbocycles. The number of nitrogens with zero attached hydrogens (tertiary/aromatic N) is 4. The molecule has 172 valence electrons. The molecule has 0 N–H and O–H groups in total. The smallest absolute Gasteiger partial charge is 0.226 e. The van der Waals surface area contributed by atoms with E-state index in [0.717, 1.165) is 26.0 Å². The van der Waals surface area contributed by atoms with Gasteiger partial charge in [-0.25, -0.2) is 20.2 Å². The fourth-order valence-electron chi connectivity index (χ4n) is 4.06. The molecule has 1 aliphatic carbocycles. The van der Waals surface area contributed by atoms with Gasteiger partial charge in [-0.2, -0.15) is 8.78 Å². The molecule has 10 heteroatoms. The van der Waals surface area contributed by atoms with Gasteiger partial charge in [-0.1, -0.05) is 6.07 Å². The number of alkyl halides is 2. The minimum Gasteiger partial charge on any atom is -0.226 e. The van der Waals surface area contributed by atoms with Gasteiger partial charge in [0, 0.05) is 34.1 Å². The molecule has 0 aromatic carbocycles. The Morgan fingerprint density at radius 3 is 1.92 bits per heavy atom. The third-order valence-corrected chi connectivity index (χ3v) is 10.5. The summed E-state index contributed by atoms with van der Waals surface area (Å²) >= 11 is 5.92. The first-order chi connectivity index (χ1) is 17.3. The first-order valence-corrected chi connectivity index (χ1v) is 13.5. The Morgan fingerprint density at radius 1 is 0.806 bits per heavy atom. The van der Waals surface area contributed by atoms with Crippen molar-refractivity contribution in [1.82, 2.24) is 0 Å². The van der Waals surface area contributed by atoms with Gasteiger partial charge in [-0.05, 0) is 53.8 Å². The Morgan fingerprint density at radius 2 is 1.36 bits per heavy atom. The van der Waals surface area contributed by atoms with Crippen molar-refractivity contribution in [1.29, 1.82) is 10.5 Å². The highest BCUT2D eigenvalue weighted by Crippen LogP contribution is 2.60. The number of hydrogen-bond acceptors (Lipinski definition) is 6. The molecule has 4 nitrogen and oxygen atoms in total. The summed E-state index contributed by atoms with van der Waals surface area (Å²) in [6.07, 6.45) is 0. The number of allylic oxidation sites excluding steroid dienone is 4. The second kappa shape index (κ2) is 8.95. The topological polar surface area (TPSA) is 56.3 Å². The van der Waals surface area contributed by atoms with Crippen LogP contribution in [-0.4, -0.2) is 5.92 Å². The summed E-state index contributed by atoms with van der Waals surface area (Å²) in [5, 5.41) is 20.8. The summed E-state index contributed by atoms with van der Waals surface area (Å²) in [4.78, 5) is 12.1. The predicted molar refractivity (Wildman–Crippen MR) is 142 cm³/mol. The molecule has 0 fully saturated rings. The number of nitriles is 2. The lowest BCUT2D eigenvalue weighted by Gasteiger charge is -2.16. The molecule has 0 aliphatic heterocycles. The lowest BCUT2D eigenvalue weighted by molar-refractivity contribution is 0.138. The highest BCUT2D eigenvalue weighted by molar-refractivity contribution is 7.28. The lowest BCUT2D eigenvalue weighted by atomic mass is 10.0. The van der Waals surface area contributed by atoms with E-state index in [9.17, 15) is 10.5 Å². The van der Waals surface area contributed by atoms with Gasteiger partial charge in [-0.15, -0.1) is 45.3 Å². The fourth-order valence-corrected chi connectivity index (χ4v) is 8.56. The first kappa shape index (κ1) is 23.8. The summed E-state index contributed by atoms with van der Waals surface area (Å²) in [6.45, 7) is 16.2. The second-order valence-electron chi connectivity index (χ2n) is 7.53. The normalized spacial score (nSPS) is 16.4. The molecule has 4 aromatic heterocycles. The molecule has 0 amide bonds. The van der Waals surface area contributed by atoms with Crippen molar-refractivity contribution in [3.63, 3.8) is 0 Å². The van der Waals surface area contributed by atoms with E-state index >= 15 is 8.78 Å². The van der Waals surface area contributed by atoms with Crippen molar-refractivity contribution in [2.45, 2.75) is 12.8 Å². The van der Waals surface area contributed by atoms with Gasteiger partial charge in [0.05, 0.1) is 36.4 Å². The first-order valence-electron chi connectivity index (χ1n) is 10.2. The molecule has 0 unspecified atom stereocenters. The van der Waals surface area contributed by atoms with Gasteiger partial charge in [0.15, 0.2) is 0 Å². The standard InChI is InChI=1S/C26H10F2N4S4/c1-13-21-22(14(11-29)31-2)26(27,28)23(15(12-30)32-3)25(21)36-24(13)20-9-8-19(35-20)18-7-6-17(34-18)16-5-4-10-33-16/h4-10H,1H3/b22-14-,23-15-. The molecular weight excluding hydrogens is 535 g/mol. The van der Waals surface area contributed by atoms with Gasteiger partial charge in [0.1, 0.15) is 0 Å². The van der Waals surface area contributed by atoms with E-state index in [1.807, 2.05) is 23.6 Å². The van der Waals surface area contributed by atoms with Crippen LogP contribution in [0.3, 0.4) is 0 Å². The van der Waals surface area contributed by atoms with Gasteiger partial charge in [0.25, 0.3) is 17.3 Å². The Bertz CT molecular complexity index is 1740. The number of halogens is 2. The lowest BCUT2D eigenvalue weighted by Crippen LogP contribution is -2.16. The third-order valence-electron chi connectivity index (χ3n) is 5.60. The average molecular weight is 545 g/mol. The quantitative estimate of drug-likeness (QED) is 0.191. The van der Waals surface area contributed by atoms with Crippen molar-refractivity contribution in [2.24, 2.45) is 0 Å². The maximum absolute atomic E-state index is 15.5. The average Bonchev–Trinajstić information content (AvgIpc) is 3.67. The number of thiophene rings is 4. The fraction of sp³-hybridized carbons (Fsp3) is 0.0769. The molecule has 5 rings (SSSR count). The largest absolute Gasteiger partial charge is 0.284 e. The third kappa shape index (κ3) is 3.52. The van der Waals surface area contributed by atoms with E-state index in [1.54, 1.807) is 41.7 Å². The molecule has 1 aliphatic rings. The van der Waals surface area contributed by atoms with Crippen molar-refractivity contribution in [3.05, 3.63) is 92.0 Å².